The molecule has 2 aliphatic rings. The van der Waals surface area contributed by atoms with E-state index in [9.17, 15) is 14.0 Å². The van der Waals surface area contributed by atoms with E-state index in [0.717, 1.165) is 38.1 Å². The van der Waals surface area contributed by atoms with Gasteiger partial charge in [-0.2, -0.15) is 0 Å². The lowest BCUT2D eigenvalue weighted by molar-refractivity contribution is -0.132. The maximum atomic E-state index is 14.0. The number of benzene rings is 1. The van der Waals surface area contributed by atoms with Crippen molar-refractivity contribution in [3.05, 3.63) is 52.6 Å². The van der Waals surface area contributed by atoms with Crippen LogP contribution in [-0.2, 0) is 24.3 Å². The normalized spacial score (nSPS) is 16.9. The minimum absolute atomic E-state index is 0.0658. The van der Waals surface area contributed by atoms with Crippen molar-refractivity contribution in [1.82, 2.24) is 24.0 Å². The summed E-state index contributed by atoms with van der Waals surface area (Å²) in [5.41, 5.74) is 1.24. The van der Waals surface area contributed by atoms with Crippen LogP contribution in [0.1, 0.15) is 25.1 Å². The molecule has 0 spiro atoms. The zero-order valence-electron chi connectivity index (χ0n) is 17.3. The van der Waals surface area contributed by atoms with Gasteiger partial charge >= 0.3 is 0 Å². The van der Waals surface area contributed by atoms with Crippen molar-refractivity contribution in [3.63, 3.8) is 0 Å². The molecule has 0 N–H and O–H groups in total. The number of aryl methyl sites for hydroxylation is 2. The van der Waals surface area contributed by atoms with Crippen molar-refractivity contribution in [2.45, 2.75) is 38.8 Å². The van der Waals surface area contributed by atoms with Crippen LogP contribution in [0.25, 0.3) is 11.2 Å². The predicted octanol–water partition coefficient (Wildman–Crippen LogP) is 1.81. The van der Waals surface area contributed by atoms with Crippen LogP contribution in [0.15, 0.2) is 35.4 Å². The summed E-state index contributed by atoms with van der Waals surface area (Å²) >= 11 is 0. The number of carbonyl (C=O) groups excluding carboxylic acids is 1. The van der Waals surface area contributed by atoms with Gasteiger partial charge < -0.3 is 14.4 Å². The molecule has 2 aliphatic heterocycles. The molecular formula is C22H25FN6O2. The second-order valence-corrected chi connectivity index (χ2v) is 8.16. The first kappa shape index (κ1) is 19.7. The molecule has 2 aromatic heterocycles. The third-order valence-corrected chi connectivity index (χ3v) is 6.22. The number of hydrogen-bond donors (Lipinski definition) is 0. The summed E-state index contributed by atoms with van der Waals surface area (Å²) in [4.78, 5) is 38.4. The summed E-state index contributed by atoms with van der Waals surface area (Å²) in [5.74, 6) is 0.509. The van der Waals surface area contributed by atoms with E-state index in [-0.39, 0.29) is 23.8 Å². The Morgan fingerprint density at radius 2 is 1.84 bits per heavy atom. The van der Waals surface area contributed by atoms with E-state index in [1.807, 2.05) is 9.47 Å². The molecule has 8 nitrogen and oxygen atoms in total. The summed E-state index contributed by atoms with van der Waals surface area (Å²) in [5, 5.41) is 0. The van der Waals surface area contributed by atoms with Crippen LogP contribution >= 0.6 is 0 Å². The number of imidazole rings is 1. The Bertz CT molecular complexity index is 1180. The van der Waals surface area contributed by atoms with E-state index >= 15 is 0 Å². The van der Waals surface area contributed by atoms with E-state index in [1.165, 1.54) is 17.0 Å². The van der Waals surface area contributed by atoms with Crippen LogP contribution < -0.4 is 10.5 Å². The first-order chi connectivity index (χ1) is 15.1. The van der Waals surface area contributed by atoms with Crippen LogP contribution in [0, 0.1) is 5.82 Å². The van der Waals surface area contributed by atoms with Gasteiger partial charge in [-0.3, -0.25) is 14.2 Å². The zero-order chi connectivity index (χ0) is 21.4. The molecule has 162 valence electrons. The fourth-order valence-corrected chi connectivity index (χ4v) is 4.50. The summed E-state index contributed by atoms with van der Waals surface area (Å²) in [7, 11) is 0. The van der Waals surface area contributed by atoms with Crippen molar-refractivity contribution in [2.24, 2.45) is 0 Å². The third kappa shape index (κ3) is 3.68. The van der Waals surface area contributed by atoms with Crippen LogP contribution in [0.2, 0.25) is 0 Å². The summed E-state index contributed by atoms with van der Waals surface area (Å²) in [6, 6.07) is 6.66. The highest BCUT2D eigenvalue weighted by atomic mass is 19.1. The van der Waals surface area contributed by atoms with Gasteiger partial charge in [-0.05, 0) is 25.0 Å². The molecule has 1 fully saturated rings. The molecule has 5 rings (SSSR count). The SMILES string of the molecule is O=C(Cn1cnc2c(nc3n2CCCCC3)c1=O)N1CCN(c2ccccc2F)CC1. The number of rotatable bonds is 3. The number of aromatic nitrogens is 4. The van der Waals surface area contributed by atoms with Crippen LogP contribution in [0.4, 0.5) is 10.1 Å². The first-order valence-electron chi connectivity index (χ1n) is 10.8. The van der Waals surface area contributed by atoms with Crippen molar-refractivity contribution >= 4 is 22.8 Å². The molecule has 0 bridgehead atoms. The van der Waals surface area contributed by atoms with Gasteiger partial charge in [-0.15, -0.1) is 0 Å². The van der Waals surface area contributed by atoms with Gasteiger partial charge in [0.25, 0.3) is 5.56 Å². The highest BCUT2D eigenvalue weighted by Gasteiger charge is 2.24. The zero-order valence-corrected chi connectivity index (χ0v) is 17.3. The predicted molar refractivity (Wildman–Crippen MR) is 115 cm³/mol. The smallest absolute Gasteiger partial charge is 0.282 e. The Morgan fingerprint density at radius 3 is 2.65 bits per heavy atom. The molecule has 4 heterocycles. The van der Waals surface area contributed by atoms with Gasteiger partial charge in [0.05, 0.1) is 5.69 Å². The number of carbonyl (C=O) groups is 1. The van der Waals surface area contributed by atoms with Crippen molar-refractivity contribution < 1.29 is 9.18 Å². The number of halogens is 1. The molecule has 31 heavy (non-hydrogen) atoms. The standard InChI is InChI=1S/C22H25FN6O2/c23-16-6-3-4-7-17(16)26-10-12-27(13-11-26)19(30)14-28-15-24-21-20(22(28)31)25-18-8-2-1-5-9-29(18)21/h3-4,6-7,15H,1-2,5,8-14H2. The molecule has 0 saturated carbocycles. The number of amides is 1. The van der Waals surface area contributed by atoms with E-state index in [0.29, 0.717) is 43.0 Å². The molecule has 1 saturated heterocycles. The minimum atomic E-state index is -0.274. The summed E-state index contributed by atoms with van der Waals surface area (Å²) < 4.78 is 17.4. The number of piperazine rings is 1. The maximum absolute atomic E-state index is 14.0. The quantitative estimate of drug-likeness (QED) is 0.641. The Balaban J connectivity index is 1.29. The van der Waals surface area contributed by atoms with E-state index in [4.69, 9.17) is 0 Å². The molecule has 0 radical (unpaired) electrons. The Kier molecular flexibility index (Phi) is 5.17. The van der Waals surface area contributed by atoms with E-state index in [1.54, 1.807) is 23.1 Å². The number of anilines is 1. The fourth-order valence-electron chi connectivity index (χ4n) is 4.50. The molecule has 0 atom stereocenters. The topological polar surface area (TPSA) is 76.3 Å². The Hall–Kier alpha value is -3.23. The first-order valence-corrected chi connectivity index (χ1v) is 10.8. The van der Waals surface area contributed by atoms with Crippen molar-refractivity contribution in [1.29, 1.82) is 0 Å². The number of para-hydroxylation sites is 1. The van der Waals surface area contributed by atoms with Gasteiger partial charge in [-0.25, -0.2) is 14.4 Å². The van der Waals surface area contributed by atoms with Crippen LogP contribution in [-0.4, -0.2) is 56.1 Å². The Labute approximate surface area is 178 Å². The number of nitrogens with zero attached hydrogens (tertiary/aromatic N) is 6. The van der Waals surface area contributed by atoms with Gasteiger partial charge in [0, 0.05) is 39.1 Å². The van der Waals surface area contributed by atoms with Gasteiger partial charge in [0.15, 0.2) is 11.2 Å². The summed E-state index contributed by atoms with van der Waals surface area (Å²) in [6.45, 7) is 2.82. The minimum Gasteiger partial charge on any atom is -0.366 e. The third-order valence-electron chi connectivity index (χ3n) is 6.22. The highest BCUT2D eigenvalue weighted by molar-refractivity contribution is 5.77. The number of hydrogen-bond acceptors (Lipinski definition) is 5. The molecule has 3 aromatic rings. The number of fused-ring (bicyclic) bond motifs is 3. The highest BCUT2D eigenvalue weighted by Crippen LogP contribution is 2.21. The largest absolute Gasteiger partial charge is 0.366 e. The van der Waals surface area contributed by atoms with Crippen molar-refractivity contribution in [2.75, 3.05) is 31.1 Å². The second kappa shape index (κ2) is 8.13. The van der Waals surface area contributed by atoms with Gasteiger partial charge in [-0.1, -0.05) is 18.6 Å². The van der Waals surface area contributed by atoms with Crippen LogP contribution in [0.5, 0.6) is 0 Å². The average molecular weight is 424 g/mol. The lowest BCUT2D eigenvalue weighted by atomic mass is 10.2. The molecule has 9 heteroatoms. The lowest BCUT2D eigenvalue weighted by Crippen LogP contribution is -2.50. The second-order valence-electron chi connectivity index (χ2n) is 8.16. The van der Waals surface area contributed by atoms with Gasteiger partial charge in [0.2, 0.25) is 5.91 Å². The molecule has 0 aliphatic carbocycles. The summed E-state index contributed by atoms with van der Waals surface area (Å²) in [6.07, 6.45) is 5.58. The van der Waals surface area contributed by atoms with E-state index in [2.05, 4.69) is 9.97 Å². The fraction of sp³-hybridized carbons (Fsp3) is 0.455. The average Bonchev–Trinajstić information content (AvgIpc) is 2.97. The Morgan fingerprint density at radius 1 is 1.03 bits per heavy atom. The molecule has 0 unspecified atom stereocenters. The van der Waals surface area contributed by atoms with E-state index < -0.39 is 0 Å². The van der Waals surface area contributed by atoms with Crippen molar-refractivity contribution in [3.8, 4) is 0 Å². The molecule has 1 aromatic carbocycles. The maximum Gasteiger partial charge on any atom is 0.282 e. The van der Waals surface area contributed by atoms with Crippen LogP contribution in [0.3, 0.4) is 0 Å². The van der Waals surface area contributed by atoms with Gasteiger partial charge in [0.1, 0.15) is 24.5 Å². The molecular weight excluding hydrogens is 399 g/mol. The monoisotopic (exact) mass is 424 g/mol. The lowest BCUT2D eigenvalue weighted by Gasteiger charge is -2.36. The molecule has 1 amide bonds.